The first-order valence-corrected chi connectivity index (χ1v) is 7.49. The highest BCUT2D eigenvalue weighted by Crippen LogP contribution is 2.48. The van der Waals surface area contributed by atoms with Gasteiger partial charge in [0, 0.05) is 5.56 Å². The fourth-order valence-corrected chi connectivity index (χ4v) is 2.41. The maximum absolute atomic E-state index is 12.1. The van der Waals surface area contributed by atoms with Gasteiger partial charge < -0.3 is 5.11 Å². The number of hydroxylamine groups is 1. The van der Waals surface area contributed by atoms with Crippen LogP contribution in [-0.2, 0) is 24.0 Å². The zero-order valence-electron chi connectivity index (χ0n) is 11.3. The van der Waals surface area contributed by atoms with Gasteiger partial charge in [-0.1, -0.05) is 30.3 Å². The summed E-state index contributed by atoms with van der Waals surface area (Å²) in [5, 5.41) is 19.2. The molecule has 0 aliphatic rings. The molecule has 7 nitrogen and oxygen atoms in total. The molecule has 0 aromatic heterocycles. The van der Waals surface area contributed by atoms with Crippen LogP contribution >= 0.6 is 7.82 Å². The monoisotopic (exact) mass is 300 g/mol. The molecule has 2 N–H and O–H groups in total. The van der Waals surface area contributed by atoms with Crippen molar-refractivity contribution < 1.29 is 23.3 Å². The third kappa shape index (κ3) is 4.39. The molecule has 0 fully saturated rings. The molecule has 8 heteroatoms. The topological polar surface area (TPSA) is 101 Å². The maximum Gasteiger partial charge on any atom is 0.491 e. The van der Waals surface area contributed by atoms with Crippen LogP contribution in [0.5, 0.6) is 0 Å². The highest BCUT2D eigenvalue weighted by Gasteiger charge is 2.35. The van der Waals surface area contributed by atoms with Crippen LogP contribution in [0.1, 0.15) is 19.4 Å². The van der Waals surface area contributed by atoms with Crippen molar-refractivity contribution in [1.29, 1.82) is 5.26 Å². The van der Waals surface area contributed by atoms with E-state index in [0.29, 0.717) is 0 Å². The van der Waals surface area contributed by atoms with Gasteiger partial charge in [0.15, 0.2) is 0 Å². The van der Waals surface area contributed by atoms with Crippen molar-refractivity contribution in [1.82, 2.24) is 5.48 Å². The third-order valence-corrected chi connectivity index (χ3v) is 3.70. The molecule has 0 aliphatic heterocycles. The second kappa shape index (κ2) is 7.50. The Labute approximate surface area is 117 Å². The summed E-state index contributed by atoms with van der Waals surface area (Å²) in [6.45, 7) is 3.41. The Morgan fingerprint density at radius 1 is 1.30 bits per heavy atom. The molecule has 0 heterocycles. The van der Waals surface area contributed by atoms with E-state index >= 15 is 0 Å². The lowest BCUT2D eigenvalue weighted by atomic mass is 10.1. The van der Waals surface area contributed by atoms with Gasteiger partial charge in [0.1, 0.15) is 6.07 Å². The largest absolute Gasteiger partial charge is 0.491 e. The fourth-order valence-electron chi connectivity index (χ4n) is 1.35. The number of hydrogen-bond donors (Lipinski definition) is 2. The van der Waals surface area contributed by atoms with Crippen LogP contribution in [-0.4, -0.2) is 18.3 Å². The Kier molecular flexibility index (Phi) is 6.30. The zero-order valence-corrected chi connectivity index (χ0v) is 12.2. The molecule has 0 amide bonds. The molecule has 20 heavy (non-hydrogen) atoms. The summed E-state index contributed by atoms with van der Waals surface area (Å²) in [4.78, 5) is 0. The van der Waals surface area contributed by atoms with Crippen molar-refractivity contribution in [3.63, 3.8) is 0 Å². The van der Waals surface area contributed by atoms with E-state index in [4.69, 9.17) is 18.9 Å². The Bertz CT molecular complexity index is 494. The summed E-state index contributed by atoms with van der Waals surface area (Å²) < 4.78 is 26.6. The van der Waals surface area contributed by atoms with Gasteiger partial charge in [0.05, 0.1) is 13.2 Å². The van der Waals surface area contributed by atoms with Crippen molar-refractivity contribution in [2.45, 2.75) is 19.6 Å². The molecule has 0 spiro atoms. The van der Waals surface area contributed by atoms with E-state index < -0.39 is 13.5 Å². The van der Waals surface area contributed by atoms with Gasteiger partial charge in [-0.3, -0.25) is 9.05 Å². The quantitative estimate of drug-likeness (QED) is 0.328. The molecule has 1 aromatic rings. The normalized spacial score (nSPS) is 14.5. The van der Waals surface area contributed by atoms with Crippen LogP contribution in [0.3, 0.4) is 0 Å². The first-order valence-electron chi connectivity index (χ1n) is 6.03. The molecular weight excluding hydrogens is 283 g/mol. The van der Waals surface area contributed by atoms with E-state index in [2.05, 4.69) is 5.48 Å². The summed E-state index contributed by atoms with van der Waals surface area (Å²) >= 11 is 0. The number of phosphoric ester groups is 1. The molecule has 0 aliphatic carbocycles. The van der Waals surface area contributed by atoms with E-state index in [1.54, 1.807) is 38.1 Å². The van der Waals surface area contributed by atoms with E-state index in [1.807, 2.05) is 0 Å². The molecule has 0 bridgehead atoms. The Morgan fingerprint density at radius 3 is 2.30 bits per heavy atom. The van der Waals surface area contributed by atoms with Crippen LogP contribution in [0.15, 0.2) is 30.3 Å². The number of aliphatic hydroxyl groups is 1. The molecular formula is C12H17N2O5P. The predicted octanol–water partition coefficient (Wildman–Crippen LogP) is 2.06. The standard InChI is InChI=1S/C12H17N2O5P/c1-3-17-20(16,18-4-2)19-14-12(15,10-13)11-8-6-5-7-9-11/h5-9,14-15H,3-4H2,1-2H3. The van der Waals surface area contributed by atoms with Crippen molar-refractivity contribution in [2.75, 3.05) is 13.2 Å². The summed E-state index contributed by atoms with van der Waals surface area (Å²) in [6.07, 6.45) is 0. The highest BCUT2D eigenvalue weighted by molar-refractivity contribution is 7.48. The lowest BCUT2D eigenvalue weighted by molar-refractivity contribution is -0.0605. The van der Waals surface area contributed by atoms with Crippen LogP contribution in [0.2, 0.25) is 0 Å². The Hall–Kier alpha value is -1.26. The summed E-state index contributed by atoms with van der Waals surface area (Å²) in [5.74, 6) is 0. The van der Waals surface area contributed by atoms with Crippen molar-refractivity contribution >= 4 is 7.82 Å². The summed E-state index contributed by atoms with van der Waals surface area (Å²) in [5.41, 5.74) is 0.130. The number of benzene rings is 1. The minimum atomic E-state index is -3.87. The zero-order chi connectivity index (χ0) is 15.1. The molecule has 110 valence electrons. The molecule has 1 unspecified atom stereocenters. The SMILES string of the molecule is CCOP(=O)(OCC)ONC(O)(C#N)c1ccccc1. The van der Waals surface area contributed by atoms with Crippen LogP contribution in [0, 0.1) is 11.3 Å². The number of nitrogens with zero attached hydrogens (tertiary/aromatic N) is 1. The highest BCUT2D eigenvalue weighted by atomic mass is 31.2. The van der Waals surface area contributed by atoms with E-state index in [9.17, 15) is 9.67 Å². The molecule has 0 saturated carbocycles. The number of nitriles is 1. The second-order valence-electron chi connectivity index (χ2n) is 3.66. The van der Waals surface area contributed by atoms with Crippen LogP contribution < -0.4 is 5.48 Å². The predicted molar refractivity (Wildman–Crippen MR) is 71.0 cm³/mol. The summed E-state index contributed by atoms with van der Waals surface area (Å²) in [6, 6.07) is 9.69. The number of phosphoric acid groups is 1. The Morgan fingerprint density at radius 2 is 1.85 bits per heavy atom. The van der Waals surface area contributed by atoms with Gasteiger partial charge in [-0.15, -0.1) is 5.48 Å². The smallest absolute Gasteiger partial charge is 0.358 e. The van der Waals surface area contributed by atoms with Crippen LogP contribution in [0.4, 0.5) is 0 Å². The van der Waals surface area contributed by atoms with Crippen molar-refractivity contribution in [3.8, 4) is 6.07 Å². The van der Waals surface area contributed by atoms with Gasteiger partial charge in [-0.05, 0) is 13.8 Å². The average molecular weight is 300 g/mol. The molecule has 0 radical (unpaired) electrons. The van der Waals surface area contributed by atoms with Crippen molar-refractivity contribution in [2.24, 2.45) is 0 Å². The average Bonchev–Trinajstić information content (AvgIpc) is 2.46. The van der Waals surface area contributed by atoms with Gasteiger partial charge in [-0.2, -0.15) is 9.89 Å². The summed E-state index contributed by atoms with van der Waals surface area (Å²) in [7, 11) is -3.87. The first-order chi connectivity index (χ1) is 9.49. The van der Waals surface area contributed by atoms with E-state index in [-0.39, 0.29) is 18.8 Å². The molecule has 1 atom stereocenters. The van der Waals surface area contributed by atoms with E-state index in [0.717, 1.165) is 0 Å². The minimum absolute atomic E-state index is 0.0925. The van der Waals surface area contributed by atoms with Crippen molar-refractivity contribution in [3.05, 3.63) is 35.9 Å². The first kappa shape index (κ1) is 16.8. The number of nitrogens with one attached hydrogen (secondary N) is 1. The van der Waals surface area contributed by atoms with E-state index in [1.165, 1.54) is 12.1 Å². The minimum Gasteiger partial charge on any atom is -0.358 e. The van der Waals surface area contributed by atoms with Gasteiger partial charge in [0.2, 0.25) is 0 Å². The molecule has 0 saturated heterocycles. The number of rotatable bonds is 8. The second-order valence-corrected chi connectivity index (χ2v) is 5.26. The van der Waals surface area contributed by atoms with Gasteiger partial charge >= 0.3 is 7.82 Å². The van der Waals surface area contributed by atoms with Gasteiger partial charge in [0.25, 0.3) is 5.72 Å². The molecule has 1 aromatic carbocycles. The Balaban J connectivity index is 2.84. The fraction of sp³-hybridized carbons (Fsp3) is 0.417. The molecule has 1 rings (SSSR count). The third-order valence-electron chi connectivity index (χ3n) is 2.23. The lowest BCUT2D eigenvalue weighted by Gasteiger charge is -2.24. The maximum atomic E-state index is 12.1. The van der Waals surface area contributed by atoms with Crippen LogP contribution in [0.25, 0.3) is 0 Å². The lowest BCUT2D eigenvalue weighted by Crippen LogP contribution is -2.40. The number of hydrogen-bond acceptors (Lipinski definition) is 7. The van der Waals surface area contributed by atoms with Gasteiger partial charge in [-0.25, -0.2) is 4.57 Å².